The van der Waals surface area contributed by atoms with Crippen LogP contribution in [0.3, 0.4) is 0 Å². The molecule has 1 spiro atoms. The van der Waals surface area contributed by atoms with Crippen LogP contribution in [0.2, 0.25) is 0 Å². The number of hydrogen-bond acceptors (Lipinski definition) is 5. The fourth-order valence-corrected chi connectivity index (χ4v) is 7.86. The monoisotopic (exact) mass is 489 g/mol. The molecule has 1 saturated heterocycles. The maximum atomic E-state index is 15.0. The number of fused-ring (bicyclic) bond motifs is 4. The molecule has 2 bridgehead atoms. The van der Waals surface area contributed by atoms with Crippen LogP contribution in [0, 0.1) is 11.7 Å². The third kappa shape index (κ3) is 2.38. The molecule has 2 aliphatic heterocycles. The Morgan fingerprint density at radius 3 is 2.89 bits per heavy atom. The molecule has 1 aromatic heterocycles. The van der Waals surface area contributed by atoms with Crippen molar-refractivity contribution in [3.05, 3.63) is 52.5 Å². The summed E-state index contributed by atoms with van der Waals surface area (Å²) in [5.41, 5.74) is 13.7. The number of benzene rings is 2. The Labute approximate surface area is 206 Å². The number of aliphatic imine (C=N–C) groups is 1. The van der Waals surface area contributed by atoms with Crippen LogP contribution in [0.25, 0.3) is 10.9 Å². The molecule has 3 aliphatic carbocycles. The van der Waals surface area contributed by atoms with Crippen molar-refractivity contribution in [2.45, 2.75) is 55.3 Å². The molecule has 1 saturated carbocycles. The van der Waals surface area contributed by atoms with E-state index in [1.54, 1.807) is 12.1 Å². The lowest BCUT2D eigenvalue weighted by molar-refractivity contribution is -0.173. The highest BCUT2D eigenvalue weighted by Crippen LogP contribution is 2.69. The lowest BCUT2D eigenvalue weighted by Crippen LogP contribution is -2.74. The zero-order valence-corrected chi connectivity index (χ0v) is 19.7. The van der Waals surface area contributed by atoms with Gasteiger partial charge >= 0.3 is 0 Å². The molecule has 3 aromatic rings. The van der Waals surface area contributed by atoms with Gasteiger partial charge in [-0.15, -0.1) is 0 Å². The number of H-pyrrole nitrogens is 1. The molecule has 3 heterocycles. The standard InChI is InChI=1S/C27H28FN5O3/c28-16-8-14-15-10-27(35)20-7-13-3-4-19(34)23-21(13)26(27,5-6-33(20)11-12-1-2-12)24(36-23)22(15)31-17(14)9-18(16)32-25(29)30/h3-4,8-9,12,20,24,31,34-35H,1-2,5-7,10-11H2,(H4,29,30,32)/t20?,24-,26-,27+/m0/s1. The number of likely N-dealkylation sites (tertiary alicyclic amines) is 1. The normalized spacial score (nSPS) is 31.6. The van der Waals surface area contributed by atoms with Crippen LogP contribution in [-0.2, 0) is 18.3 Å². The molecule has 9 heteroatoms. The molecule has 36 heavy (non-hydrogen) atoms. The zero-order chi connectivity index (χ0) is 24.6. The van der Waals surface area contributed by atoms with E-state index in [4.69, 9.17) is 16.2 Å². The number of aromatic nitrogens is 1. The SMILES string of the molecule is NC(N)=Nc1cc2[nH]c3c(c2cc1F)C[C@@]1(O)C2Cc4ccc(O)c5c4[C@@]1(CCN2CC1CC1)[C@H]3O5. The van der Waals surface area contributed by atoms with E-state index >= 15 is 4.39 Å². The van der Waals surface area contributed by atoms with E-state index < -0.39 is 22.9 Å². The first-order valence-electron chi connectivity index (χ1n) is 12.7. The Balaban J connectivity index is 1.38. The second-order valence-electron chi connectivity index (χ2n) is 11.3. The summed E-state index contributed by atoms with van der Waals surface area (Å²) in [6.45, 7) is 1.86. The first kappa shape index (κ1) is 20.8. The number of aromatic hydroxyl groups is 1. The first-order valence-corrected chi connectivity index (χ1v) is 12.7. The summed E-state index contributed by atoms with van der Waals surface area (Å²) in [4.78, 5) is 9.87. The van der Waals surface area contributed by atoms with Crippen LogP contribution in [0.15, 0.2) is 29.3 Å². The second-order valence-corrected chi connectivity index (χ2v) is 11.3. The topological polar surface area (TPSA) is 133 Å². The third-order valence-electron chi connectivity index (χ3n) is 9.48. The van der Waals surface area contributed by atoms with Crippen LogP contribution >= 0.6 is 0 Å². The number of nitrogens with one attached hydrogen (secondary N) is 1. The molecule has 0 radical (unpaired) electrons. The molecule has 186 valence electrons. The largest absolute Gasteiger partial charge is 0.504 e. The quantitative estimate of drug-likeness (QED) is 0.284. The molecule has 7 N–H and O–H groups in total. The summed E-state index contributed by atoms with van der Waals surface area (Å²) < 4.78 is 21.6. The average molecular weight is 490 g/mol. The Bertz CT molecular complexity index is 1510. The molecular formula is C27H28FN5O3. The lowest BCUT2D eigenvalue weighted by Gasteiger charge is -2.62. The van der Waals surface area contributed by atoms with E-state index in [-0.39, 0.29) is 23.4 Å². The van der Waals surface area contributed by atoms with Gasteiger partial charge in [0.25, 0.3) is 0 Å². The Morgan fingerprint density at radius 1 is 1.28 bits per heavy atom. The van der Waals surface area contributed by atoms with Crippen LogP contribution < -0.4 is 16.2 Å². The van der Waals surface area contributed by atoms with Crippen LogP contribution in [-0.4, -0.2) is 50.8 Å². The number of nitrogens with two attached hydrogens (primary N) is 2. The van der Waals surface area contributed by atoms with E-state index in [2.05, 4.69) is 14.9 Å². The summed E-state index contributed by atoms with van der Waals surface area (Å²) >= 11 is 0. The predicted molar refractivity (Wildman–Crippen MR) is 132 cm³/mol. The van der Waals surface area contributed by atoms with Gasteiger partial charge in [-0.3, -0.25) is 4.90 Å². The summed E-state index contributed by atoms with van der Waals surface area (Å²) in [6, 6.07) is 6.66. The van der Waals surface area contributed by atoms with Gasteiger partial charge in [0.1, 0.15) is 11.5 Å². The minimum Gasteiger partial charge on any atom is -0.504 e. The molecule has 5 aliphatic rings. The molecule has 2 aromatic carbocycles. The van der Waals surface area contributed by atoms with Gasteiger partial charge in [0.2, 0.25) is 0 Å². The Kier molecular flexibility index (Phi) is 3.78. The number of piperidine rings is 1. The molecule has 1 unspecified atom stereocenters. The molecular weight excluding hydrogens is 461 g/mol. The van der Waals surface area contributed by atoms with Crippen molar-refractivity contribution in [1.82, 2.24) is 9.88 Å². The van der Waals surface area contributed by atoms with E-state index in [1.165, 1.54) is 18.9 Å². The molecule has 0 amide bonds. The number of aliphatic hydroxyl groups is 1. The molecule has 8 rings (SSSR count). The van der Waals surface area contributed by atoms with Crippen molar-refractivity contribution in [3.63, 3.8) is 0 Å². The van der Waals surface area contributed by atoms with Crippen molar-refractivity contribution >= 4 is 22.5 Å². The highest BCUT2D eigenvalue weighted by atomic mass is 19.1. The Hall–Kier alpha value is -3.30. The smallest absolute Gasteiger partial charge is 0.191 e. The zero-order valence-electron chi connectivity index (χ0n) is 19.7. The van der Waals surface area contributed by atoms with Crippen molar-refractivity contribution in [1.29, 1.82) is 0 Å². The minimum absolute atomic E-state index is 0.0558. The van der Waals surface area contributed by atoms with Crippen molar-refractivity contribution < 1.29 is 19.3 Å². The summed E-state index contributed by atoms with van der Waals surface area (Å²) in [7, 11) is 0. The summed E-state index contributed by atoms with van der Waals surface area (Å²) in [6.07, 6.45) is 3.78. The highest BCUT2D eigenvalue weighted by molar-refractivity contribution is 5.90. The van der Waals surface area contributed by atoms with Crippen molar-refractivity contribution in [3.8, 4) is 11.5 Å². The lowest BCUT2D eigenvalue weighted by atomic mass is 9.49. The number of phenolic OH excluding ortho intramolecular Hbond substituents is 1. The van der Waals surface area contributed by atoms with Gasteiger partial charge in [0.15, 0.2) is 23.6 Å². The van der Waals surface area contributed by atoms with E-state index in [9.17, 15) is 10.2 Å². The number of phenols is 1. The van der Waals surface area contributed by atoms with Gasteiger partial charge in [-0.2, -0.15) is 0 Å². The number of halogens is 1. The second kappa shape index (κ2) is 6.52. The van der Waals surface area contributed by atoms with E-state index in [0.717, 1.165) is 41.9 Å². The van der Waals surface area contributed by atoms with Crippen LogP contribution in [0.4, 0.5) is 10.1 Å². The van der Waals surface area contributed by atoms with Crippen LogP contribution in [0.5, 0.6) is 11.5 Å². The first-order chi connectivity index (χ1) is 17.3. The number of aromatic amines is 1. The van der Waals surface area contributed by atoms with Crippen LogP contribution in [0.1, 0.15) is 47.8 Å². The maximum absolute atomic E-state index is 15.0. The van der Waals surface area contributed by atoms with Gasteiger partial charge in [-0.05, 0) is 67.5 Å². The van der Waals surface area contributed by atoms with E-state index in [0.29, 0.717) is 35.4 Å². The molecule has 8 nitrogen and oxygen atoms in total. The maximum Gasteiger partial charge on any atom is 0.191 e. The van der Waals surface area contributed by atoms with Gasteiger partial charge < -0.3 is 31.4 Å². The highest BCUT2D eigenvalue weighted by Gasteiger charge is 2.72. The van der Waals surface area contributed by atoms with Gasteiger partial charge in [0, 0.05) is 35.5 Å². The number of guanidine groups is 1. The summed E-state index contributed by atoms with van der Waals surface area (Å²) in [5.74, 6) is 0.525. The fraction of sp³-hybridized carbons (Fsp3) is 0.444. The number of ether oxygens (including phenoxy) is 1. The average Bonchev–Trinajstić information content (AvgIpc) is 3.48. The van der Waals surface area contributed by atoms with Crippen molar-refractivity contribution in [2.75, 3.05) is 13.1 Å². The van der Waals surface area contributed by atoms with Gasteiger partial charge in [-0.25, -0.2) is 9.38 Å². The number of rotatable bonds is 3. The summed E-state index contributed by atoms with van der Waals surface area (Å²) in [5, 5.41) is 24.3. The van der Waals surface area contributed by atoms with Gasteiger partial charge in [-0.1, -0.05) is 6.07 Å². The van der Waals surface area contributed by atoms with Gasteiger partial charge in [0.05, 0.1) is 16.7 Å². The molecule has 2 fully saturated rings. The molecule has 4 atom stereocenters. The number of nitrogens with zero attached hydrogens (tertiary/aromatic N) is 2. The number of hydrogen-bond donors (Lipinski definition) is 5. The third-order valence-corrected chi connectivity index (χ3v) is 9.48. The van der Waals surface area contributed by atoms with E-state index in [1.807, 2.05) is 6.07 Å². The predicted octanol–water partition coefficient (Wildman–Crippen LogP) is 2.62. The van der Waals surface area contributed by atoms with Crippen molar-refractivity contribution in [2.24, 2.45) is 22.4 Å². The Morgan fingerprint density at radius 2 is 2.11 bits per heavy atom. The fourth-order valence-electron chi connectivity index (χ4n) is 7.86. The minimum atomic E-state index is -1.12.